The van der Waals surface area contributed by atoms with E-state index in [-0.39, 0.29) is 23.7 Å². The predicted molar refractivity (Wildman–Crippen MR) is 87.0 cm³/mol. The lowest BCUT2D eigenvalue weighted by molar-refractivity contribution is -0.125. The molecule has 1 aromatic rings. The number of carbonyl (C=O) groups excluding carboxylic acids is 1. The molecule has 1 aliphatic carbocycles. The minimum Gasteiger partial charge on any atom is -0.486 e. The monoisotopic (exact) mass is 288 g/mol. The molecule has 1 aliphatic rings. The minimum absolute atomic E-state index is 0.140. The van der Waals surface area contributed by atoms with Gasteiger partial charge in [0.05, 0.1) is 0 Å². The maximum atomic E-state index is 12.2. The molecule has 1 aromatic carbocycles. The Morgan fingerprint density at radius 1 is 1.19 bits per heavy atom. The van der Waals surface area contributed by atoms with Crippen LogP contribution in [-0.2, 0) is 10.2 Å². The van der Waals surface area contributed by atoms with Gasteiger partial charge < -0.3 is 4.74 Å². The molecule has 0 N–H and O–H groups in total. The molecule has 2 heteroatoms. The molecule has 0 amide bonds. The van der Waals surface area contributed by atoms with Crippen molar-refractivity contribution < 1.29 is 9.53 Å². The van der Waals surface area contributed by atoms with Crippen LogP contribution in [0, 0.1) is 12.8 Å². The summed E-state index contributed by atoms with van der Waals surface area (Å²) in [6.45, 7) is 8.88. The first-order valence-electron chi connectivity index (χ1n) is 8.14. The topological polar surface area (TPSA) is 26.3 Å². The van der Waals surface area contributed by atoms with Crippen LogP contribution in [-0.4, -0.2) is 12.4 Å². The van der Waals surface area contributed by atoms with Crippen LogP contribution in [0.4, 0.5) is 0 Å². The Hall–Kier alpha value is -1.31. The summed E-state index contributed by atoms with van der Waals surface area (Å²) < 4.78 is 5.77. The summed E-state index contributed by atoms with van der Waals surface area (Å²) in [7, 11) is 0. The summed E-state index contributed by atoms with van der Waals surface area (Å²) in [6, 6.07) is 6.28. The molecular weight excluding hydrogens is 260 g/mol. The van der Waals surface area contributed by atoms with Gasteiger partial charge in [-0.1, -0.05) is 52.2 Å². The second kappa shape index (κ2) is 6.64. The van der Waals surface area contributed by atoms with Crippen LogP contribution in [0.3, 0.4) is 0 Å². The van der Waals surface area contributed by atoms with Crippen molar-refractivity contribution >= 4 is 5.78 Å². The van der Waals surface area contributed by atoms with Crippen molar-refractivity contribution in [2.75, 3.05) is 6.61 Å². The summed E-state index contributed by atoms with van der Waals surface area (Å²) in [5.74, 6) is 1.34. The van der Waals surface area contributed by atoms with Gasteiger partial charge in [-0.2, -0.15) is 0 Å². The SMILES string of the molecule is Cc1cc(C(C)(C)C)ccc1OCC(=O)C1CCCCC1. The van der Waals surface area contributed by atoms with Gasteiger partial charge in [-0.25, -0.2) is 0 Å². The molecule has 2 rings (SSSR count). The van der Waals surface area contributed by atoms with Gasteiger partial charge in [0, 0.05) is 5.92 Å². The van der Waals surface area contributed by atoms with E-state index in [0.717, 1.165) is 24.2 Å². The fraction of sp³-hybridized carbons (Fsp3) is 0.632. The highest BCUT2D eigenvalue weighted by atomic mass is 16.5. The van der Waals surface area contributed by atoms with Crippen LogP contribution in [0.1, 0.15) is 64.0 Å². The second-order valence-electron chi connectivity index (χ2n) is 7.32. The van der Waals surface area contributed by atoms with Crippen LogP contribution in [0.15, 0.2) is 18.2 Å². The molecule has 0 unspecified atom stereocenters. The number of benzene rings is 1. The number of hydrogen-bond acceptors (Lipinski definition) is 2. The number of Topliss-reactive ketones (excluding diaryl/α,β-unsaturated/α-hetero) is 1. The molecule has 0 atom stereocenters. The first-order valence-corrected chi connectivity index (χ1v) is 8.14. The Kier molecular flexibility index (Phi) is 5.08. The Balaban J connectivity index is 1.95. The number of ketones is 1. The Morgan fingerprint density at radius 3 is 2.43 bits per heavy atom. The summed E-state index contributed by atoms with van der Waals surface area (Å²) in [4.78, 5) is 12.2. The van der Waals surface area contributed by atoms with E-state index in [1.165, 1.54) is 24.8 Å². The first-order chi connectivity index (χ1) is 9.88. The van der Waals surface area contributed by atoms with Gasteiger partial charge in [-0.3, -0.25) is 4.79 Å². The molecule has 2 nitrogen and oxygen atoms in total. The highest BCUT2D eigenvalue weighted by molar-refractivity contribution is 5.82. The fourth-order valence-corrected chi connectivity index (χ4v) is 2.97. The number of rotatable bonds is 4. The van der Waals surface area contributed by atoms with Crippen molar-refractivity contribution in [1.82, 2.24) is 0 Å². The largest absolute Gasteiger partial charge is 0.486 e. The zero-order chi connectivity index (χ0) is 15.5. The molecule has 0 spiro atoms. The van der Waals surface area contributed by atoms with E-state index in [2.05, 4.69) is 39.8 Å². The third-order valence-electron chi connectivity index (χ3n) is 4.47. The highest BCUT2D eigenvalue weighted by Gasteiger charge is 2.21. The third-order valence-corrected chi connectivity index (χ3v) is 4.47. The van der Waals surface area contributed by atoms with Crippen LogP contribution in [0.5, 0.6) is 5.75 Å². The van der Waals surface area contributed by atoms with Gasteiger partial charge >= 0.3 is 0 Å². The van der Waals surface area contributed by atoms with E-state index in [0.29, 0.717) is 0 Å². The molecule has 21 heavy (non-hydrogen) atoms. The molecule has 0 bridgehead atoms. The van der Waals surface area contributed by atoms with Gasteiger partial charge in [0.1, 0.15) is 12.4 Å². The molecule has 0 radical (unpaired) electrons. The molecule has 1 saturated carbocycles. The highest BCUT2D eigenvalue weighted by Crippen LogP contribution is 2.28. The van der Waals surface area contributed by atoms with Crippen LogP contribution in [0.2, 0.25) is 0 Å². The van der Waals surface area contributed by atoms with Crippen molar-refractivity contribution in [2.24, 2.45) is 5.92 Å². The van der Waals surface area contributed by atoms with Crippen molar-refractivity contribution in [3.63, 3.8) is 0 Å². The fourth-order valence-electron chi connectivity index (χ4n) is 2.97. The predicted octanol–water partition coefficient (Wildman–Crippen LogP) is 4.82. The quantitative estimate of drug-likeness (QED) is 0.794. The smallest absolute Gasteiger partial charge is 0.173 e. The van der Waals surface area contributed by atoms with E-state index in [1.807, 2.05) is 6.07 Å². The Morgan fingerprint density at radius 2 is 1.86 bits per heavy atom. The zero-order valence-corrected chi connectivity index (χ0v) is 13.9. The first kappa shape index (κ1) is 16.1. The second-order valence-corrected chi connectivity index (χ2v) is 7.32. The summed E-state index contributed by atoms with van der Waals surface area (Å²) in [6.07, 6.45) is 5.75. The normalized spacial score (nSPS) is 16.8. The lowest BCUT2D eigenvalue weighted by Crippen LogP contribution is -2.23. The van der Waals surface area contributed by atoms with E-state index < -0.39 is 0 Å². The maximum absolute atomic E-state index is 12.2. The van der Waals surface area contributed by atoms with E-state index in [1.54, 1.807) is 0 Å². The molecule has 0 aromatic heterocycles. The lowest BCUT2D eigenvalue weighted by atomic mass is 9.86. The Bertz CT molecular complexity index is 491. The molecule has 116 valence electrons. The lowest BCUT2D eigenvalue weighted by Gasteiger charge is -2.22. The number of hydrogen-bond donors (Lipinski definition) is 0. The number of ether oxygens (including phenoxy) is 1. The molecule has 0 heterocycles. The van der Waals surface area contributed by atoms with Crippen molar-refractivity contribution in [3.8, 4) is 5.75 Å². The van der Waals surface area contributed by atoms with Crippen molar-refractivity contribution in [3.05, 3.63) is 29.3 Å². The van der Waals surface area contributed by atoms with Crippen molar-refractivity contribution in [1.29, 1.82) is 0 Å². The summed E-state index contributed by atoms with van der Waals surface area (Å²) >= 11 is 0. The minimum atomic E-state index is 0.140. The molecule has 0 aliphatic heterocycles. The van der Waals surface area contributed by atoms with Gasteiger partial charge in [-0.15, -0.1) is 0 Å². The van der Waals surface area contributed by atoms with E-state index in [9.17, 15) is 4.79 Å². The number of carbonyl (C=O) groups is 1. The molecular formula is C19H28O2. The summed E-state index contributed by atoms with van der Waals surface area (Å²) in [5, 5.41) is 0. The van der Waals surface area contributed by atoms with Gasteiger partial charge in [0.25, 0.3) is 0 Å². The third kappa shape index (κ3) is 4.33. The van der Waals surface area contributed by atoms with Crippen LogP contribution < -0.4 is 4.74 Å². The van der Waals surface area contributed by atoms with Gasteiger partial charge in [0.15, 0.2) is 5.78 Å². The number of aryl methyl sites for hydroxylation is 1. The zero-order valence-electron chi connectivity index (χ0n) is 13.9. The van der Waals surface area contributed by atoms with Crippen LogP contribution >= 0.6 is 0 Å². The van der Waals surface area contributed by atoms with Crippen molar-refractivity contribution in [2.45, 2.75) is 65.2 Å². The van der Waals surface area contributed by atoms with E-state index in [4.69, 9.17) is 4.74 Å². The van der Waals surface area contributed by atoms with Gasteiger partial charge in [-0.05, 0) is 42.4 Å². The molecule has 0 saturated heterocycles. The standard InChI is InChI=1S/C19H28O2/c1-14-12-16(19(2,3)4)10-11-18(14)21-13-17(20)15-8-6-5-7-9-15/h10-12,15H,5-9,13H2,1-4H3. The average Bonchev–Trinajstić information content (AvgIpc) is 2.45. The maximum Gasteiger partial charge on any atom is 0.173 e. The Labute approximate surface area is 128 Å². The average molecular weight is 288 g/mol. The van der Waals surface area contributed by atoms with E-state index >= 15 is 0 Å². The molecule has 1 fully saturated rings. The summed E-state index contributed by atoms with van der Waals surface area (Å²) in [5.41, 5.74) is 2.55. The van der Waals surface area contributed by atoms with Crippen LogP contribution in [0.25, 0.3) is 0 Å². The van der Waals surface area contributed by atoms with Gasteiger partial charge in [0.2, 0.25) is 0 Å².